The van der Waals surface area contributed by atoms with Crippen molar-refractivity contribution in [1.29, 1.82) is 0 Å². The number of fused-ring (bicyclic) bond motifs is 1. The first kappa shape index (κ1) is 11.5. The lowest BCUT2D eigenvalue weighted by atomic mass is 10.1. The Kier molecular flexibility index (Phi) is 2.80. The fourth-order valence-electron chi connectivity index (χ4n) is 2.10. The Balaban J connectivity index is 2.18. The van der Waals surface area contributed by atoms with Gasteiger partial charge in [-0.05, 0) is 18.2 Å². The summed E-state index contributed by atoms with van der Waals surface area (Å²) in [6, 6.07) is 16.9. The molecule has 3 aromatic rings. The first-order chi connectivity index (χ1) is 9.29. The Bertz CT molecular complexity index is 707. The van der Waals surface area contributed by atoms with Gasteiger partial charge in [-0.15, -0.1) is 0 Å². The van der Waals surface area contributed by atoms with E-state index < -0.39 is 0 Å². The van der Waals surface area contributed by atoms with E-state index in [2.05, 4.69) is 0 Å². The summed E-state index contributed by atoms with van der Waals surface area (Å²) in [5.41, 5.74) is 2.05. The van der Waals surface area contributed by atoms with Gasteiger partial charge >= 0.3 is 5.97 Å². The van der Waals surface area contributed by atoms with Gasteiger partial charge in [-0.3, -0.25) is 0 Å². The van der Waals surface area contributed by atoms with Gasteiger partial charge in [0.15, 0.2) is 0 Å². The number of methoxy groups -OCH3 is 1. The molecule has 19 heavy (non-hydrogen) atoms. The molecule has 0 radical (unpaired) electrons. The molecule has 0 spiro atoms. The number of para-hydroxylation sites is 1. The van der Waals surface area contributed by atoms with E-state index in [-0.39, 0.29) is 5.97 Å². The van der Waals surface area contributed by atoms with Crippen molar-refractivity contribution in [3.05, 3.63) is 60.2 Å². The predicted molar refractivity (Wildman–Crippen MR) is 73.0 cm³/mol. The van der Waals surface area contributed by atoms with E-state index in [1.54, 1.807) is 12.1 Å². The largest absolute Gasteiger partial charge is 0.465 e. The number of hydrogen-bond acceptors (Lipinski definition) is 3. The second-order valence-corrected chi connectivity index (χ2v) is 4.19. The standard InChI is InChI=1S/C16H12O3/c1-18-16(17)13-8-4-3-7-12(13)15-10-11-6-2-5-9-14(11)19-15/h2-10H,1H3. The molecule has 3 rings (SSSR count). The van der Waals surface area contributed by atoms with Crippen LogP contribution in [-0.4, -0.2) is 13.1 Å². The number of benzene rings is 2. The van der Waals surface area contributed by atoms with Crippen LogP contribution in [0.2, 0.25) is 0 Å². The zero-order chi connectivity index (χ0) is 13.2. The maximum absolute atomic E-state index is 11.8. The second kappa shape index (κ2) is 4.61. The van der Waals surface area contributed by atoms with Crippen molar-refractivity contribution < 1.29 is 13.9 Å². The molecule has 2 aromatic carbocycles. The minimum absolute atomic E-state index is 0.365. The molecule has 1 heterocycles. The number of esters is 1. The van der Waals surface area contributed by atoms with Crippen LogP contribution in [0.3, 0.4) is 0 Å². The third-order valence-corrected chi connectivity index (χ3v) is 3.02. The average Bonchev–Trinajstić information content (AvgIpc) is 2.90. The van der Waals surface area contributed by atoms with E-state index in [1.807, 2.05) is 42.5 Å². The molecule has 0 N–H and O–H groups in total. The van der Waals surface area contributed by atoms with E-state index in [9.17, 15) is 4.79 Å². The number of carbonyl (C=O) groups excluding carboxylic acids is 1. The summed E-state index contributed by atoms with van der Waals surface area (Å²) >= 11 is 0. The summed E-state index contributed by atoms with van der Waals surface area (Å²) in [5.74, 6) is 0.304. The third-order valence-electron chi connectivity index (χ3n) is 3.02. The van der Waals surface area contributed by atoms with Gasteiger partial charge in [-0.25, -0.2) is 4.79 Å². The van der Waals surface area contributed by atoms with E-state index in [4.69, 9.17) is 9.15 Å². The maximum atomic E-state index is 11.8. The minimum Gasteiger partial charge on any atom is -0.465 e. The zero-order valence-electron chi connectivity index (χ0n) is 10.4. The zero-order valence-corrected chi connectivity index (χ0v) is 10.4. The van der Waals surface area contributed by atoms with Crippen molar-refractivity contribution >= 4 is 16.9 Å². The Hall–Kier alpha value is -2.55. The lowest BCUT2D eigenvalue weighted by Crippen LogP contribution is -2.02. The van der Waals surface area contributed by atoms with Crippen molar-refractivity contribution in [3.8, 4) is 11.3 Å². The lowest BCUT2D eigenvalue weighted by Gasteiger charge is -2.04. The number of hydrogen-bond donors (Lipinski definition) is 0. The van der Waals surface area contributed by atoms with Crippen LogP contribution in [0.25, 0.3) is 22.3 Å². The molecular weight excluding hydrogens is 240 g/mol. The van der Waals surface area contributed by atoms with Gasteiger partial charge in [0.25, 0.3) is 0 Å². The molecule has 94 valence electrons. The molecule has 3 heteroatoms. The van der Waals surface area contributed by atoms with E-state index >= 15 is 0 Å². The van der Waals surface area contributed by atoms with E-state index in [1.165, 1.54) is 7.11 Å². The molecule has 0 aliphatic heterocycles. The van der Waals surface area contributed by atoms with Gasteiger partial charge in [-0.2, -0.15) is 0 Å². The molecule has 0 aliphatic carbocycles. The van der Waals surface area contributed by atoms with Gasteiger partial charge < -0.3 is 9.15 Å². The van der Waals surface area contributed by atoms with Gasteiger partial charge in [0.2, 0.25) is 0 Å². The smallest absolute Gasteiger partial charge is 0.338 e. The Morgan fingerprint density at radius 3 is 2.58 bits per heavy atom. The van der Waals surface area contributed by atoms with Crippen molar-refractivity contribution in [3.63, 3.8) is 0 Å². The first-order valence-electron chi connectivity index (χ1n) is 5.96. The van der Waals surface area contributed by atoms with Crippen LogP contribution in [-0.2, 0) is 4.74 Å². The van der Waals surface area contributed by atoms with Crippen LogP contribution in [0.5, 0.6) is 0 Å². The molecule has 0 aliphatic rings. The molecule has 0 amide bonds. The lowest BCUT2D eigenvalue weighted by molar-refractivity contribution is 0.0601. The van der Waals surface area contributed by atoms with Gasteiger partial charge in [0.1, 0.15) is 11.3 Å². The number of furan rings is 1. The Labute approximate surface area is 110 Å². The molecule has 0 fully saturated rings. The fraction of sp³-hybridized carbons (Fsp3) is 0.0625. The fourth-order valence-corrected chi connectivity index (χ4v) is 2.10. The summed E-state index contributed by atoms with van der Waals surface area (Å²) in [6.07, 6.45) is 0. The monoisotopic (exact) mass is 252 g/mol. The first-order valence-corrected chi connectivity index (χ1v) is 5.96. The molecule has 0 saturated heterocycles. The van der Waals surface area contributed by atoms with Crippen LogP contribution in [0.15, 0.2) is 59.0 Å². The SMILES string of the molecule is COC(=O)c1ccccc1-c1cc2ccccc2o1. The van der Waals surface area contributed by atoms with Gasteiger partial charge in [0.05, 0.1) is 12.7 Å². The van der Waals surface area contributed by atoms with Crippen molar-refractivity contribution in [2.45, 2.75) is 0 Å². The summed E-state index contributed by atoms with van der Waals surface area (Å²) in [4.78, 5) is 11.8. The van der Waals surface area contributed by atoms with Crippen LogP contribution in [0.1, 0.15) is 10.4 Å². The third kappa shape index (κ3) is 1.99. The molecule has 1 aromatic heterocycles. The highest BCUT2D eigenvalue weighted by Crippen LogP contribution is 2.30. The van der Waals surface area contributed by atoms with Gasteiger partial charge in [0, 0.05) is 10.9 Å². The molecule has 0 bridgehead atoms. The van der Waals surface area contributed by atoms with Crippen molar-refractivity contribution in [2.75, 3.05) is 7.11 Å². The minimum atomic E-state index is -0.365. The van der Waals surface area contributed by atoms with E-state index in [0.717, 1.165) is 16.5 Å². The number of ether oxygens (including phenoxy) is 1. The number of rotatable bonds is 2. The van der Waals surface area contributed by atoms with Crippen LogP contribution < -0.4 is 0 Å². The molecule has 0 saturated carbocycles. The molecule has 0 unspecified atom stereocenters. The average molecular weight is 252 g/mol. The Morgan fingerprint density at radius 2 is 1.79 bits per heavy atom. The van der Waals surface area contributed by atoms with E-state index in [0.29, 0.717) is 11.3 Å². The highest BCUT2D eigenvalue weighted by Gasteiger charge is 2.15. The van der Waals surface area contributed by atoms with Crippen molar-refractivity contribution in [1.82, 2.24) is 0 Å². The van der Waals surface area contributed by atoms with Crippen molar-refractivity contribution in [2.24, 2.45) is 0 Å². The normalized spacial score (nSPS) is 10.6. The quantitative estimate of drug-likeness (QED) is 0.649. The Morgan fingerprint density at radius 1 is 1.05 bits per heavy atom. The highest BCUT2D eigenvalue weighted by molar-refractivity contribution is 5.97. The highest BCUT2D eigenvalue weighted by atomic mass is 16.5. The maximum Gasteiger partial charge on any atom is 0.338 e. The summed E-state index contributed by atoms with van der Waals surface area (Å²) < 4.78 is 10.6. The number of carbonyl (C=O) groups is 1. The summed E-state index contributed by atoms with van der Waals surface area (Å²) in [5, 5.41) is 1.01. The topological polar surface area (TPSA) is 39.4 Å². The predicted octanol–water partition coefficient (Wildman–Crippen LogP) is 3.89. The summed E-state index contributed by atoms with van der Waals surface area (Å²) in [7, 11) is 1.37. The second-order valence-electron chi connectivity index (χ2n) is 4.19. The van der Waals surface area contributed by atoms with Crippen LogP contribution >= 0.6 is 0 Å². The molecule has 0 atom stereocenters. The molecular formula is C16H12O3. The molecule has 3 nitrogen and oxygen atoms in total. The van der Waals surface area contributed by atoms with Gasteiger partial charge in [-0.1, -0.05) is 36.4 Å². The van der Waals surface area contributed by atoms with Crippen LogP contribution in [0.4, 0.5) is 0 Å². The van der Waals surface area contributed by atoms with Crippen LogP contribution in [0, 0.1) is 0 Å². The summed E-state index contributed by atoms with van der Waals surface area (Å²) in [6.45, 7) is 0.